The summed E-state index contributed by atoms with van der Waals surface area (Å²) >= 11 is 1.39. The Bertz CT molecular complexity index is 1480. The molecule has 3 aromatic rings. The molecule has 1 saturated heterocycles. The van der Waals surface area contributed by atoms with Crippen LogP contribution >= 0.6 is 11.8 Å². The fraction of sp³-hybridized carbons (Fsp3) is 0.194. The molecule has 3 aromatic carbocycles. The Labute approximate surface area is 227 Å². The molecule has 1 fully saturated rings. The molecule has 5 rings (SSSR count). The molecule has 0 spiro atoms. The smallest absolute Gasteiger partial charge is 0.268 e. The van der Waals surface area contributed by atoms with E-state index in [1.165, 1.54) is 11.8 Å². The van der Waals surface area contributed by atoms with Gasteiger partial charge in [0.1, 0.15) is 4.91 Å². The van der Waals surface area contributed by atoms with Gasteiger partial charge in [-0.3, -0.25) is 14.5 Å². The number of nitrogens with one attached hydrogen (secondary N) is 1. The number of para-hydroxylation sites is 1. The summed E-state index contributed by atoms with van der Waals surface area (Å²) in [7, 11) is 2.01. The molecule has 1 N–H and O–H groups in total. The Kier molecular flexibility index (Phi) is 7.47. The van der Waals surface area contributed by atoms with Gasteiger partial charge in [0.15, 0.2) is 11.0 Å². The average molecular weight is 523 g/mol. The number of carbonyl (C=O) groups is 2. The van der Waals surface area contributed by atoms with Gasteiger partial charge >= 0.3 is 0 Å². The van der Waals surface area contributed by atoms with Gasteiger partial charge in [0.05, 0.1) is 17.9 Å². The summed E-state index contributed by atoms with van der Waals surface area (Å²) in [6, 6.07) is 23.6. The third kappa shape index (κ3) is 5.15. The number of rotatable bonds is 6. The van der Waals surface area contributed by atoms with E-state index in [0.717, 1.165) is 28.2 Å². The summed E-state index contributed by atoms with van der Waals surface area (Å²) in [5.41, 5.74) is 6.17. The van der Waals surface area contributed by atoms with E-state index in [9.17, 15) is 9.59 Å². The first-order valence-electron chi connectivity index (χ1n) is 12.7. The highest BCUT2D eigenvalue weighted by Crippen LogP contribution is 2.41. The van der Waals surface area contributed by atoms with Crippen LogP contribution in [0.15, 0.2) is 94.5 Å². The summed E-state index contributed by atoms with van der Waals surface area (Å²) in [6.07, 6.45) is 4.85. The van der Waals surface area contributed by atoms with Gasteiger partial charge < -0.3 is 10.2 Å². The second-order valence-electron chi connectivity index (χ2n) is 9.19. The average Bonchev–Trinajstić information content (AvgIpc) is 3.11. The maximum Gasteiger partial charge on any atom is 0.268 e. The fourth-order valence-corrected chi connectivity index (χ4v) is 5.74. The van der Waals surface area contributed by atoms with Crippen LogP contribution in [0.25, 0.3) is 6.08 Å². The van der Waals surface area contributed by atoms with Gasteiger partial charge in [-0.15, -0.1) is 0 Å². The molecule has 1 amide bonds. The maximum atomic E-state index is 14.0. The van der Waals surface area contributed by atoms with Crippen LogP contribution in [0.1, 0.15) is 41.8 Å². The van der Waals surface area contributed by atoms with E-state index >= 15 is 0 Å². The van der Waals surface area contributed by atoms with Crippen molar-refractivity contribution in [2.45, 2.75) is 26.8 Å². The molecule has 2 aliphatic heterocycles. The van der Waals surface area contributed by atoms with Crippen LogP contribution in [0.3, 0.4) is 0 Å². The van der Waals surface area contributed by atoms with Gasteiger partial charge in [0, 0.05) is 37.0 Å². The Hall–Kier alpha value is -4.10. The van der Waals surface area contributed by atoms with Crippen molar-refractivity contribution in [2.75, 3.05) is 23.8 Å². The second kappa shape index (κ2) is 11.1. The molecular weight excluding hydrogens is 492 g/mol. The van der Waals surface area contributed by atoms with Crippen LogP contribution in [0.4, 0.5) is 17.1 Å². The molecule has 0 radical (unpaired) electrons. The summed E-state index contributed by atoms with van der Waals surface area (Å²) in [4.78, 5) is 35.6. The lowest BCUT2D eigenvalue weighted by molar-refractivity contribution is -0.122. The molecule has 0 bridgehead atoms. The minimum Gasteiger partial charge on any atom is -0.384 e. The number of aliphatic imine (C=N–C) groups is 1. The predicted molar refractivity (Wildman–Crippen MR) is 158 cm³/mol. The number of amides is 1. The summed E-state index contributed by atoms with van der Waals surface area (Å²) in [5.74, 6) is -0.0981. The lowest BCUT2D eigenvalue weighted by Gasteiger charge is -2.23. The van der Waals surface area contributed by atoms with Crippen LogP contribution in [-0.2, 0) is 11.3 Å². The molecule has 6 nitrogen and oxygen atoms in total. The van der Waals surface area contributed by atoms with Crippen molar-refractivity contribution >= 4 is 51.8 Å². The molecule has 0 aliphatic carbocycles. The number of allylic oxidation sites excluding steroid dienone is 1. The number of amidine groups is 1. The molecule has 0 aromatic heterocycles. The van der Waals surface area contributed by atoms with Crippen molar-refractivity contribution in [1.82, 2.24) is 4.90 Å². The first kappa shape index (κ1) is 25.5. The van der Waals surface area contributed by atoms with E-state index in [4.69, 9.17) is 4.99 Å². The molecule has 7 heteroatoms. The molecular formula is C31H30N4O2S. The van der Waals surface area contributed by atoms with Crippen molar-refractivity contribution in [3.63, 3.8) is 0 Å². The number of fused-ring (bicyclic) bond motifs is 1. The molecule has 38 heavy (non-hydrogen) atoms. The van der Waals surface area contributed by atoms with Crippen molar-refractivity contribution in [3.8, 4) is 0 Å². The Balaban J connectivity index is 1.62. The van der Waals surface area contributed by atoms with Gasteiger partial charge in [0.2, 0.25) is 0 Å². The largest absolute Gasteiger partial charge is 0.384 e. The summed E-state index contributed by atoms with van der Waals surface area (Å²) in [6.45, 7) is 4.68. The number of hydrogen-bond acceptors (Lipinski definition) is 6. The minimum absolute atomic E-state index is 0.0286. The van der Waals surface area contributed by atoms with Crippen molar-refractivity contribution in [2.24, 2.45) is 4.99 Å². The number of nitrogens with zero attached hydrogens (tertiary/aromatic N) is 3. The van der Waals surface area contributed by atoms with E-state index in [2.05, 4.69) is 34.5 Å². The number of ketones is 1. The zero-order valence-corrected chi connectivity index (χ0v) is 22.6. The SMILES string of the molecule is CCNc1ccc(C(C)=O)cc1N=C1S/C(=C2/CC=Cc3ccccc3N2C)C(=O)N1Cc1ccccc1. The third-order valence-corrected chi connectivity index (χ3v) is 7.72. The van der Waals surface area contributed by atoms with Crippen molar-refractivity contribution in [3.05, 3.63) is 106 Å². The number of Topliss-reactive ketones (excluding diaryl/α,β-unsaturated/α-hetero) is 1. The highest BCUT2D eigenvalue weighted by atomic mass is 32.2. The lowest BCUT2D eigenvalue weighted by Crippen LogP contribution is -2.29. The van der Waals surface area contributed by atoms with E-state index in [0.29, 0.717) is 40.8 Å². The first-order chi connectivity index (χ1) is 18.5. The van der Waals surface area contributed by atoms with Crippen LogP contribution in [0, 0.1) is 0 Å². The fourth-order valence-electron chi connectivity index (χ4n) is 4.62. The van der Waals surface area contributed by atoms with Crippen LogP contribution in [0.2, 0.25) is 0 Å². The summed E-state index contributed by atoms with van der Waals surface area (Å²) < 4.78 is 0. The van der Waals surface area contributed by atoms with E-state index in [-0.39, 0.29) is 11.7 Å². The molecule has 0 saturated carbocycles. The lowest BCUT2D eigenvalue weighted by atomic mass is 10.1. The van der Waals surface area contributed by atoms with Gasteiger partial charge in [-0.2, -0.15) is 0 Å². The Morgan fingerprint density at radius 3 is 2.58 bits per heavy atom. The standard InChI is InChI=1S/C31H30N4O2S/c1-4-32-25-18-17-24(21(2)36)19-26(25)33-31-35(20-22-11-6-5-7-12-22)30(37)29(38-31)28-16-10-14-23-13-8-9-15-27(23)34(28)3/h5-15,17-19,32H,4,16,20H2,1-3H3/b29-28-,33-31?. The minimum atomic E-state index is -0.0695. The van der Waals surface area contributed by atoms with E-state index < -0.39 is 0 Å². The normalized spacial score (nSPS) is 18.1. The predicted octanol–water partition coefficient (Wildman–Crippen LogP) is 6.85. The number of carbonyl (C=O) groups excluding carboxylic acids is 2. The van der Waals surface area contributed by atoms with Crippen molar-refractivity contribution in [1.29, 1.82) is 0 Å². The molecule has 0 unspecified atom stereocenters. The van der Waals surface area contributed by atoms with Gasteiger partial charge in [-0.1, -0.05) is 60.7 Å². The zero-order valence-electron chi connectivity index (χ0n) is 21.8. The number of benzene rings is 3. The quantitative estimate of drug-likeness (QED) is 0.283. The maximum absolute atomic E-state index is 14.0. The summed E-state index contributed by atoms with van der Waals surface area (Å²) in [5, 5.41) is 3.93. The van der Waals surface area contributed by atoms with E-state index in [1.54, 1.807) is 24.0 Å². The molecule has 2 aliphatic rings. The van der Waals surface area contributed by atoms with Crippen LogP contribution in [0.5, 0.6) is 0 Å². The highest BCUT2D eigenvalue weighted by Gasteiger charge is 2.37. The zero-order chi connectivity index (χ0) is 26.6. The van der Waals surface area contributed by atoms with Crippen molar-refractivity contribution < 1.29 is 9.59 Å². The molecule has 0 atom stereocenters. The van der Waals surface area contributed by atoms with Crippen LogP contribution < -0.4 is 10.2 Å². The van der Waals surface area contributed by atoms with Crippen LogP contribution in [-0.4, -0.2) is 35.4 Å². The molecule has 192 valence electrons. The number of anilines is 2. The number of thioether (sulfide) groups is 1. The van der Waals surface area contributed by atoms with Gasteiger partial charge in [0.25, 0.3) is 5.91 Å². The Morgan fingerprint density at radius 2 is 1.82 bits per heavy atom. The highest BCUT2D eigenvalue weighted by molar-refractivity contribution is 8.18. The Morgan fingerprint density at radius 1 is 1.05 bits per heavy atom. The van der Waals surface area contributed by atoms with Gasteiger partial charge in [-0.05, 0) is 61.0 Å². The molecule has 2 heterocycles. The number of hydrogen-bond donors (Lipinski definition) is 1. The monoisotopic (exact) mass is 522 g/mol. The van der Waals surface area contributed by atoms with Gasteiger partial charge in [-0.25, -0.2) is 4.99 Å². The third-order valence-electron chi connectivity index (χ3n) is 6.61. The first-order valence-corrected chi connectivity index (χ1v) is 13.5. The van der Waals surface area contributed by atoms with E-state index in [1.807, 2.05) is 62.5 Å². The second-order valence-corrected chi connectivity index (χ2v) is 10.2. The topological polar surface area (TPSA) is 65.0 Å².